The molecule has 10 heteroatoms. The molecule has 2 aromatic rings. The maximum Gasteiger partial charge on any atom is 0.227 e. The van der Waals surface area contributed by atoms with Gasteiger partial charge in [0.15, 0.2) is 0 Å². The van der Waals surface area contributed by atoms with Gasteiger partial charge in [0.2, 0.25) is 5.95 Å². The minimum absolute atomic E-state index is 0.0642. The summed E-state index contributed by atoms with van der Waals surface area (Å²) in [5.74, 6) is 3.32. The quantitative estimate of drug-likeness (QED) is 0.661. The topological polar surface area (TPSA) is 104 Å². The summed E-state index contributed by atoms with van der Waals surface area (Å²) in [4.78, 5) is 21.6. The molecule has 2 aliphatic heterocycles. The highest BCUT2D eigenvalue weighted by Crippen LogP contribution is 2.56. The molecule has 33 heavy (non-hydrogen) atoms. The minimum atomic E-state index is -1.11. The van der Waals surface area contributed by atoms with E-state index in [1.54, 1.807) is 12.4 Å². The number of aliphatic hydroxyl groups excluding tert-OH is 1. The van der Waals surface area contributed by atoms with Crippen LogP contribution < -0.4 is 10.2 Å². The Morgan fingerprint density at radius 1 is 1.15 bits per heavy atom. The van der Waals surface area contributed by atoms with Gasteiger partial charge in [-0.2, -0.15) is 4.98 Å². The average molecular weight is 489 g/mol. The third kappa shape index (κ3) is 3.82. The van der Waals surface area contributed by atoms with Crippen molar-refractivity contribution in [1.82, 2.24) is 19.9 Å². The summed E-state index contributed by atoms with van der Waals surface area (Å²) in [5, 5.41) is 14.1. The fraction of sp³-hybridized carbons (Fsp3) is 0.652. The Kier molecular flexibility index (Phi) is 5.34. The molecular formula is C23H29ClN6O2S. The third-order valence-electron chi connectivity index (χ3n) is 7.84. The monoisotopic (exact) mass is 488 g/mol. The van der Waals surface area contributed by atoms with E-state index in [9.17, 15) is 9.32 Å². The van der Waals surface area contributed by atoms with E-state index in [4.69, 9.17) is 21.6 Å². The van der Waals surface area contributed by atoms with Crippen molar-refractivity contribution in [2.75, 3.05) is 35.7 Å². The number of nitrogens with one attached hydrogen (secondary N) is 1. The number of rotatable bonds is 5. The van der Waals surface area contributed by atoms with E-state index in [0.29, 0.717) is 22.5 Å². The molecule has 1 spiro atoms. The van der Waals surface area contributed by atoms with Crippen LogP contribution in [0, 0.1) is 5.41 Å². The minimum Gasteiger partial charge on any atom is -0.394 e. The smallest absolute Gasteiger partial charge is 0.227 e. The Bertz CT molecular complexity index is 1070. The number of aliphatic hydroxyl groups is 1. The first-order chi connectivity index (χ1) is 16.0. The Balaban J connectivity index is 1.21. The summed E-state index contributed by atoms with van der Waals surface area (Å²) in [6.07, 6.45) is 11.1. The number of nitrogens with zero attached hydrogens (tertiary/aromatic N) is 5. The zero-order valence-electron chi connectivity index (χ0n) is 18.6. The molecule has 0 amide bonds. The van der Waals surface area contributed by atoms with E-state index < -0.39 is 10.8 Å². The number of fused-ring (bicyclic) bond motifs is 1. The van der Waals surface area contributed by atoms with Gasteiger partial charge in [0.05, 0.1) is 33.7 Å². The van der Waals surface area contributed by atoms with Crippen molar-refractivity contribution in [1.29, 1.82) is 0 Å². The highest BCUT2D eigenvalue weighted by atomic mass is 35.5. The van der Waals surface area contributed by atoms with E-state index in [2.05, 4.69) is 20.2 Å². The summed E-state index contributed by atoms with van der Waals surface area (Å²) in [6.45, 7) is 1.90. The number of aryl methyl sites for hydroxylation is 1. The Labute approximate surface area is 201 Å². The number of anilines is 2. The van der Waals surface area contributed by atoms with E-state index in [1.165, 1.54) is 0 Å². The Morgan fingerprint density at radius 3 is 2.58 bits per heavy atom. The normalized spacial score (nSPS) is 25.4. The highest BCUT2D eigenvalue weighted by Gasteiger charge is 2.54. The third-order valence-corrected chi connectivity index (χ3v) is 9.58. The van der Waals surface area contributed by atoms with Gasteiger partial charge in [-0.15, -0.1) is 0 Å². The second-order valence-corrected chi connectivity index (χ2v) is 12.2. The zero-order chi connectivity index (χ0) is 22.6. The molecule has 176 valence electrons. The number of halogens is 1. The van der Waals surface area contributed by atoms with Gasteiger partial charge in [0.1, 0.15) is 16.5 Å². The van der Waals surface area contributed by atoms with Crippen LogP contribution in [0.15, 0.2) is 17.3 Å². The van der Waals surface area contributed by atoms with Crippen molar-refractivity contribution < 1.29 is 9.32 Å². The van der Waals surface area contributed by atoms with Crippen LogP contribution in [0.25, 0.3) is 0 Å². The lowest BCUT2D eigenvalue weighted by Crippen LogP contribution is -2.62. The molecule has 1 atom stereocenters. The van der Waals surface area contributed by atoms with E-state index in [0.717, 1.165) is 86.8 Å². The van der Waals surface area contributed by atoms with Crippen molar-refractivity contribution in [3.05, 3.63) is 28.9 Å². The van der Waals surface area contributed by atoms with E-state index >= 15 is 0 Å². The van der Waals surface area contributed by atoms with Crippen molar-refractivity contribution in [3.8, 4) is 0 Å². The first-order valence-corrected chi connectivity index (χ1v) is 13.6. The summed E-state index contributed by atoms with van der Waals surface area (Å²) >= 11 is 5.92. The van der Waals surface area contributed by atoms with E-state index in [-0.39, 0.29) is 17.6 Å². The van der Waals surface area contributed by atoms with Crippen LogP contribution in [0.5, 0.6) is 0 Å². The van der Waals surface area contributed by atoms with Crippen LogP contribution in [0.1, 0.15) is 62.4 Å². The Morgan fingerprint density at radius 2 is 1.91 bits per heavy atom. The fourth-order valence-corrected chi connectivity index (χ4v) is 7.28. The van der Waals surface area contributed by atoms with Crippen molar-refractivity contribution in [3.63, 3.8) is 0 Å². The predicted octanol–water partition coefficient (Wildman–Crippen LogP) is 3.07. The molecule has 2 saturated carbocycles. The van der Waals surface area contributed by atoms with Crippen LogP contribution in [-0.2, 0) is 17.2 Å². The summed E-state index contributed by atoms with van der Waals surface area (Å²) in [5.41, 5.74) is 0.847. The van der Waals surface area contributed by atoms with Crippen LogP contribution in [-0.4, -0.2) is 60.2 Å². The fourth-order valence-electron chi connectivity index (χ4n) is 5.79. The molecule has 0 bridgehead atoms. The Hall–Kier alpha value is -1.84. The molecule has 4 heterocycles. The van der Waals surface area contributed by atoms with Crippen LogP contribution >= 0.6 is 11.6 Å². The molecule has 1 saturated heterocycles. The molecule has 2 aliphatic carbocycles. The number of aromatic nitrogens is 4. The summed E-state index contributed by atoms with van der Waals surface area (Å²) in [6, 6.07) is 0. The molecule has 0 unspecified atom stereocenters. The number of hydrogen-bond donors (Lipinski definition) is 2. The molecule has 8 nitrogen and oxygen atoms in total. The van der Waals surface area contributed by atoms with Crippen molar-refractivity contribution in [2.24, 2.45) is 5.41 Å². The van der Waals surface area contributed by atoms with Gasteiger partial charge in [-0.05, 0) is 51.4 Å². The van der Waals surface area contributed by atoms with Gasteiger partial charge >= 0.3 is 0 Å². The van der Waals surface area contributed by atoms with Crippen molar-refractivity contribution in [2.45, 2.75) is 67.7 Å². The van der Waals surface area contributed by atoms with Gasteiger partial charge in [-0.25, -0.2) is 15.0 Å². The first-order valence-electron chi connectivity index (χ1n) is 11.9. The lowest BCUT2D eigenvalue weighted by Gasteiger charge is -2.58. The number of hydrogen-bond acceptors (Lipinski definition) is 8. The van der Waals surface area contributed by atoms with Crippen LogP contribution in [0.4, 0.5) is 11.8 Å². The molecule has 0 radical (unpaired) electrons. The largest absolute Gasteiger partial charge is 0.394 e. The predicted molar refractivity (Wildman–Crippen MR) is 127 cm³/mol. The van der Waals surface area contributed by atoms with Gasteiger partial charge in [0.25, 0.3) is 0 Å². The maximum absolute atomic E-state index is 13.0. The average Bonchev–Trinajstić information content (AvgIpc) is 2.91. The summed E-state index contributed by atoms with van der Waals surface area (Å²) in [7, 11) is -1.11. The second-order valence-electron chi connectivity index (χ2n) is 10.3. The zero-order valence-corrected chi connectivity index (χ0v) is 20.2. The lowest BCUT2D eigenvalue weighted by atomic mass is 9.57. The standard InChI is InChI=1S/C23H29ClN6O2S/c24-16-10-25-19(26-11-16)15-8-22(9-15)12-30(13-22)21-27-17-4-1-2-7-33(32)18(17)20(28-21)29-23(14-31)5-3-6-23/h10-11,15,31H,1-9,12-14H2,(H,27,28,29)/t33-/m0/s1. The lowest BCUT2D eigenvalue weighted by molar-refractivity contribution is 0.0582. The molecule has 2 aromatic heterocycles. The molecule has 4 aliphatic rings. The van der Waals surface area contributed by atoms with Gasteiger partial charge in [0, 0.05) is 42.6 Å². The highest BCUT2D eigenvalue weighted by molar-refractivity contribution is 7.85. The van der Waals surface area contributed by atoms with Crippen molar-refractivity contribution >= 4 is 34.2 Å². The molecule has 3 fully saturated rings. The van der Waals surface area contributed by atoms with E-state index in [1.807, 2.05) is 0 Å². The molecule has 0 aromatic carbocycles. The van der Waals surface area contributed by atoms with Crippen LogP contribution in [0.3, 0.4) is 0 Å². The maximum atomic E-state index is 13.0. The SMILES string of the molecule is O=[S@]1CCCCc2nc(N3CC4(CC(c5ncc(Cl)cn5)C4)C3)nc(NC3(CO)CCC3)c21. The second kappa shape index (κ2) is 8.13. The van der Waals surface area contributed by atoms with Crippen LogP contribution in [0.2, 0.25) is 5.02 Å². The van der Waals surface area contributed by atoms with Gasteiger partial charge in [-0.3, -0.25) is 4.21 Å². The van der Waals surface area contributed by atoms with Gasteiger partial charge in [-0.1, -0.05) is 11.6 Å². The molecule has 2 N–H and O–H groups in total. The van der Waals surface area contributed by atoms with Gasteiger partial charge < -0.3 is 15.3 Å². The molecular weight excluding hydrogens is 460 g/mol. The first kappa shape index (κ1) is 21.7. The summed E-state index contributed by atoms with van der Waals surface area (Å²) < 4.78 is 13.0. The molecule has 6 rings (SSSR count).